The number of amides is 1. The summed E-state index contributed by atoms with van der Waals surface area (Å²) in [6.45, 7) is 6.00. The zero-order chi connectivity index (χ0) is 23.6. The average Bonchev–Trinajstić information content (AvgIpc) is 3.24. The van der Waals surface area contributed by atoms with Crippen LogP contribution in [0, 0.1) is 6.92 Å². The van der Waals surface area contributed by atoms with E-state index in [0.29, 0.717) is 16.6 Å². The lowest BCUT2D eigenvalue weighted by Gasteiger charge is -2.13. The molecular weight excluding hydrogens is 434 g/mol. The number of hydrogen-bond donors (Lipinski definition) is 1. The molecule has 0 saturated carbocycles. The summed E-state index contributed by atoms with van der Waals surface area (Å²) in [7, 11) is -3.66. The van der Waals surface area contributed by atoms with Crippen molar-refractivity contribution in [3.63, 3.8) is 0 Å². The highest BCUT2D eigenvalue weighted by atomic mass is 32.2. The van der Waals surface area contributed by atoms with Gasteiger partial charge in [-0.15, -0.1) is 0 Å². The molecule has 1 unspecified atom stereocenters. The van der Waals surface area contributed by atoms with E-state index in [1.165, 1.54) is 0 Å². The van der Waals surface area contributed by atoms with Crippen LogP contribution in [0.1, 0.15) is 41.8 Å². The van der Waals surface area contributed by atoms with Crippen LogP contribution in [0.3, 0.4) is 0 Å². The maximum atomic E-state index is 13.0. The van der Waals surface area contributed by atoms with Gasteiger partial charge in [-0.1, -0.05) is 49.4 Å². The highest BCUT2D eigenvalue weighted by Crippen LogP contribution is 2.29. The fourth-order valence-electron chi connectivity index (χ4n) is 3.73. The molecule has 1 atom stereocenters. The van der Waals surface area contributed by atoms with E-state index in [-0.39, 0.29) is 17.7 Å². The first-order valence-corrected chi connectivity index (χ1v) is 12.6. The Morgan fingerprint density at radius 3 is 2.55 bits per heavy atom. The smallest absolute Gasteiger partial charge is 0.258 e. The SMILES string of the molecule is CCC(C)NC(=O)c1ccc(C)c(-c2ccc3c(cnn3S(=O)(=O)Cc3ccccc3)c2)c1. The van der Waals surface area contributed by atoms with Crippen LogP contribution in [0.25, 0.3) is 22.0 Å². The minimum atomic E-state index is -3.66. The maximum Gasteiger partial charge on any atom is 0.258 e. The summed E-state index contributed by atoms with van der Waals surface area (Å²) in [5.41, 5.74) is 4.68. The van der Waals surface area contributed by atoms with Crippen molar-refractivity contribution in [3.8, 4) is 11.1 Å². The molecule has 0 fully saturated rings. The highest BCUT2D eigenvalue weighted by molar-refractivity contribution is 7.89. The Kier molecular flexibility index (Phi) is 6.33. The Morgan fingerprint density at radius 2 is 1.82 bits per heavy atom. The quantitative estimate of drug-likeness (QED) is 0.424. The third-order valence-corrected chi connectivity index (χ3v) is 7.31. The number of nitrogens with one attached hydrogen (secondary N) is 1. The zero-order valence-electron chi connectivity index (χ0n) is 18.9. The average molecular weight is 462 g/mol. The van der Waals surface area contributed by atoms with Crippen LogP contribution >= 0.6 is 0 Å². The summed E-state index contributed by atoms with van der Waals surface area (Å²) in [4.78, 5) is 12.6. The molecule has 0 saturated heterocycles. The van der Waals surface area contributed by atoms with E-state index in [1.807, 2.05) is 69.3 Å². The first kappa shape index (κ1) is 22.7. The van der Waals surface area contributed by atoms with Crippen LogP contribution in [0.2, 0.25) is 0 Å². The minimum Gasteiger partial charge on any atom is -0.350 e. The van der Waals surface area contributed by atoms with Gasteiger partial charge in [0.1, 0.15) is 0 Å². The van der Waals surface area contributed by atoms with Crippen molar-refractivity contribution in [1.29, 1.82) is 0 Å². The first-order chi connectivity index (χ1) is 15.8. The standard InChI is InChI=1S/C26H27N3O3S/c1-4-19(3)28-26(30)22-11-10-18(2)24(15-22)21-12-13-25-23(14-21)16-27-29(25)33(31,32)17-20-8-6-5-7-9-20/h5-16,19H,4,17H2,1-3H3,(H,28,30). The lowest BCUT2D eigenvalue weighted by atomic mass is 9.97. The second-order valence-corrected chi connectivity index (χ2v) is 10.1. The van der Waals surface area contributed by atoms with Gasteiger partial charge in [0.25, 0.3) is 15.9 Å². The van der Waals surface area contributed by atoms with Gasteiger partial charge in [0, 0.05) is 17.0 Å². The maximum absolute atomic E-state index is 13.0. The molecule has 0 spiro atoms. The summed E-state index contributed by atoms with van der Waals surface area (Å²) < 4.78 is 27.0. The van der Waals surface area contributed by atoms with Gasteiger partial charge >= 0.3 is 0 Å². The number of rotatable bonds is 7. The largest absolute Gasteiger partial charge is 0.350 e. The molecule has 0 aliphatic carbocycles. The predicted molar refractivity (Wildman–Crippen MR) is 132 cm³/mol. The van der Waals surface area contributed by atoms with Crippen molar-refractivity contribution in [3.05, 3.63) is 89.6 Å². The fourth-order valence-corrected chi connectivity index (χ4v) is 5.12. The number of benzene rings is 3. The molecule has 6 nitrogen and oxygen atoms in total. The van der Waals surface area contributed by atoms with E-state index in [1.54, 1.807) is 24.4 Å². The molecule has 1 N–H and O–H groups in total. The van der Waals surface area contributed by atoms with Gasteiger partial charge in [-0.2, -0.15) is 9.19 Å². The van der Waals surface area contributed by atoms with Crippen LogP contribution < -0.4 is 5.32 Å². The van der Waals surface area contributed by atoms with E-state index >= 15 is 0 Å². The molecule has 4 rings (SSSR count). The van der Waals surface area contributed by atoms with Crippen molar-refractivity contribution in [1.82, 2.24) is 14.5 Å². The summed E-state index contributed by atoms with van der Waals surface area (Å²) in [5, 5.41) is 7.89. The van der Waals surface area contributed by atoms with Gasteiger partial charge in [0.15, 0.2) is 0 Å². The molecule has 0 aliphatic heterocycles. The van der Waals surface area contributed by atoms with Gasteiger partial charge in [0.2, 0.25) is 0 Å². The Hall–Kier alpha value is -3.45. The van der Waals surface area contributed by atoms with E-state index in [9.17, 15) is 13.2 Å². The summed E-state index contributed by atoms with van der Waals surface area (Å²) >= 11 is 0. The molecule has 170 valence electrons. The van der Waals surface area contributed by atoms with Crippen LogP contribution in [-0.4, -0.2) is 29.6 Å². The van der Waals surface area contributed by atoms with Crippen LogP contribution in [0.15, 0.2) is 72.9 Å². The number of aromatic nitrogens is 2. The molecule has 1 amide bonds. The number of carbonyl (C=O) groups excluding carboxylic acids is 1. The van der Waals surface area contributed by atoms with E-state index in [2.05, 4.69) is 10.4 Å². The second-order valence-electron chi connectivity index (χ2n) is 8.32. The van der Waals surface area contributed by atoms with E-state index in [0.717, 1.165) is 32.6 Å². The summed E-state index contributed by atoms with van der Waals surface area (Å²) in [6, 6.07) is 20.3. The van der Waals surface area contributed by atoms with Crippen molar-refractivity contribution < 1.29 is 13.2 Å². The van der Waals surface area contributed by atoms with Gasteiger partial charge < -0.3 is 5.32 Å². The van der Waals surface area contributed by atoms with Gasteiger partial charge in [-0.25, -0.2) is 8.42 Å². The molecule has 33 heavy (non-hydrogen) atoms. The molecule has 4 aromatic rings. The Bertz CT molecular complexity index is 1410. The number of fused-ring (bicyclic) bond motifs is 1. The van der Waals surface area contributed by atoms with Crippen molar-refractivity contribution in [2.24, 2.45) is 0 Å². The van der Waals surface area contributed by atoms with Crippen LogP contribution in [-0.2, 0) is 15.8 Å². The molecule has 0 radical (unpaired) electrons. The monoisotopic (exact) mass is 461 g/mol. The van der Waals surface area contributed by atoms with Crippen molar-refractivity contribution in [2.45, 2.75) is 39.0 Å². The molecular formula is C26H27N3O3S. The summed E-state index contributed by atoms with van der Waals surface area (Å²) in [6.07, 6.45) is 2.43. The lowest BCUT2D eigenvalue weighted by molar-refractivity contribution is 0.0939. The second kappa shape index (κ2) is 9.19. The van der Waals surface area contributed by atoms with Crippen LogP contribution in [0.5, 0.6) is 0 Å². The third kappa shape index (κ3) is 4.83. The Balaban J connectivity index is 1.68. The van der Waals surface area contributed by atoms with E-state index < -0.39 is 10.0 Å². The van der Waals surface area contributed by atoms with Gasteiger partial charge in [0.05, 0.1) is 17.5 Å². The zero-order valence-corrected chi connectivity index (χ0v) is 19.8. The third-order valence-electron chi connectivity index (χ3n) is 5.79. The lowest BCUT2D eigenvalue weighted by Crippen LogP contribution is -2.31. The van der Waals surface area contributed by atoms with Crippen molar-refractivity contribution >= 4 is 26.8 Å². The number of hydrogen-bond acceptors (Lipinski definition) is 4. The predicted octanol–water partition coefficient (Wildman–Crippen LogP) is 4.92. The fraction of sp³-hybridized carbons (Fsp3) is 0.231. The first-order valence-electron chi connectivity index (χ1n) is 11.0. The normalized spacial score (nSPS) is 12.6. The minimum absolute atomic E-state index is 0.0993. The Labute approximate surface area is 194 Å². The molecule has 3 aromatic carbocycles. The molecule has 0 aliphatic rings. The number of carbonyl (C=O) groups is 1. The van der Waals surface area contributed by atoms with Crippen LogP contribution in [0.4, 0.5) is 0 Å². The summed E-state index contributed by atoms with van der Waals surface area (Å²) in [5.74, 6) is -0.231. The van der Waals surface area contributed by atoms with Gasteiger partial charge in [-0.05, 0) is 66.8 Å². The Morgan fingerprint density at radius 1 is 1.06 bits per heavy atom. The molecule has 0 bridgehead atoms. The van der Waals surface area contributed by atoms with Crippen molar-refractivity contribution in [2.75, 3.05) is 0 Å². The number of nitrogens with zero attached hydrogens (tertiary/aromatic N) is 2. The van der Waals surface area contributed by atoms with Gasteiger partial charge in [-0.3, -0.25) is 4.79 Å². The topological polar surface area (TPSA) is 81.1 Å². The number of aryl methyl sites for hydroxylation is 1. The molecule has 7 heteroatoms. The molecule has 1 heterocycles. The molecule has 1 aromatic heterocycles. The van der Waals surface area contributed by atoms with E-state index in [4.69, 9.17) is 0 Å². The highest BCUT2D eigenvalue weighted by Gasteiger charge is 2.19.